The number of nitrogens with one attached hydrogen (secondary N) is 2. The highest BCUT2D eigenvalue weighted by Gasteiger charge is 2.09. The number of anilines is 2. The van der Waals surface area contributed by atoms with Gasteiger partial charge in [0, 0.05) is 31.7 Å². The van der Waals surface area contributed by atoms with Crippen molar-refractivity contribution >= 4 is 11.6 Å². The van der Waals surface area contributed by atoms with Gasteiger partial charge in [-0.05, 0) is 26.2 Å². The Morgan fingerprint density at radius 2 is 1.76 bits per heavy atom. The maximum atomic E-state index is 5.54. The number of aryl methyl sites for hydroxylation is 1. The normalized spacial score (nSPS) is 10.7. The Morgan fingerprint density at radius 1 is 1.05 bits per heavy atom. The quantitative estimate of drug-likeness (QED) is 0.330. The number of rotatable bonds is 11. The summed E-state index contributed by atoms with van der Waals surface area (Å²) in [5.41, 5.74) is 3.59. The van der Waals surface area contributed by atoms with E-state index in [-0.39, 0.29) is 0 Å². The van der Waals surface area contributed by atoms with E-state index in [2.05, 4.69) is 34.6 Å². The summed E-state index contributed by atoms with van der Waals surface area (Å²) in [6.07, 6.45) is 5.13. The topological polar surface area (TPSA) is 85.1 Å². The molecule has 0 spiro atoms. The van der Waals surface area contributed by atoms with Gasteiger partial charge >= 0.3 is 0 Å². The summed E-state index contributed by atoms with van der Waals surface area (Å²) in [5, 5.41) is 3.35. The second-order valence-corrected chi connectivity index (χ2v) is 5.10. The van der Waals surface area contributed by atoms with Crippen molar-refractivity contribution in [3.05, 3.63) is 11.4 Å². The molecule has 0 aliphatic heterocycles. The van der Waals surface area contributed by atoms with E-state index in [1.54, 1.807) is 0 Å². The molecular formula is C15H29N5O. The summed E-state index contributed by atoms with van der Waals surface area (Å²) >= 11 is 0. The number of nitrogens with zero attached hydrogens (tertiary/aromatic N) is 2. The summed E-state index contributed by atoms with van der Waals surface area (Å²) in [6, 6.07) is 0. The van der Waals surface area contributed by atoms with E-state index in [1.165, 1.54) is 6.42 Å². The molecule has 21 heavy (non-hydrogen) atoms. The van der Waals surface area contributed by atoms with Crippen LogP contribution in [0.25, 0.3) is 0 Å². The minimum absolute atomic E-state index is 0.690. The van der Waals surface area contributed by atoms with Crippen molar-refractivity contribution in [2.24, 2.45) is 5.84 Å². The van der Waals surface area contributed by atoms with Gasteiger partial charge in [0.15, 0.2) is 0 Å². The molecule has 1 aromatic rings. The second kappa shape index (κ2) is 10.3. The third-order valence-electron chi connectivity index (χ3n) is 3.20. The largest absolute Gasteiger partial charge is 0.381 e. The van der Waals surface area contributed by atoms with Crippen LogP contribution < -0.4 is 16.6 Å². The van der Waals surface area contributed by atoms with Crippen LogP contribution in [0.4, 0.5) is 11.6 Å². The molecule has 0 saturated heterocycles. The van der Waals surface area contributed by atoms with Crippen LogP contribution in [-0.4, -0.2) is 29.7 Å². The van der Waals surface area contributed by atoms with Crippen LogP contribution in [0.15, 0.2) is 0 Å². The van der Waals surface area contributed by atoms with Crippen molar-refractivity contribution in [1.82, 2.24) is 9.97 Å². The van der Waals surface area contributed by atoms with Crippen LogP contribution in [0.2, 0.25) is 0 Å². The lowest BCUT2D eigenvalue weighted by molar-refractivity contribution is 0.131. The standard InChI is InChI=1S/C15H29N5O/c1-4-6-10-21-11-7-9-17-14-12(3)15(20-16)19-13(18-14)8-5-2/h4-11,16H2,1-3H3,(H2,17,18,19,20). The molecule has 0 saturated carbocycles. The molecule has 0 fully saturated rings. The van der Waals surface area contributed by atoms with Gasteiger partial charge in [0.25, 0.3) is 0 Å². The Bertz CT molecular complexity index is 411. The third-order valence-corrected chi connectivity index (χ3v) is 3.20. The van der Waals surface area contributed by atoms with Gasteiger partial charge in [-0.3, -0.25) is 0 Å². The lowest BCUT2D eigenvalue weighted by Crippen LogP contribution is -2.16. The highest BCUT2D eigenvalue weighted by atomic mass is 16.5. The molecule has 0 aliphatic carbocycles. The van der Waals surface area contributed by atoms with Gasteiger partial charge in [-0.15, -0.1) is 0 Å². The molecular weight excluding hydrogens is 266 g/mol. The molecule has 6 nitrogen and oxygen atoms in total. The summed E-state index contributed by atoms with van der Waals surface area (Å²) in [5.74, 6) is 7.88. The fourth-order valence-electron chi connectivity index (χ4n) is 1.94. The first-order valence-corrected chi connectivity index (χ1v) is 7.88. The van der Waals surface area contributed by atoms with Gasteiger partial charge in [0.1, 0.15) is 17.5 Å². The van der Waals surface area contributed by atoms with Crippen molar-refractivity contribution in [1.29, 1.82) is 0 Å². The lowest BCUT2D eigenvalue weighted by Gasteiger charge is -2.13. The molecule has 0 aromatic carbocycles. The van der Waals surface area contributed by atoms with Crippen LogP contribution >= 0.6 is 0 Å². The number of unbranched alkanes of at least 4 members (excludes halogenated alkanes) is 1. The smallest absolute Gasteiger partial charge is 0.148 e. The Morgan fingerprint density at radius 3 is 2.43 bits per heavy atom. The van der Waals surface area contributed by atoms with Crippen LogP contribution in [0.3, 0.4) is 0 Å². The Labute approximate surface area is 127 Å². The Kier molecular flexibility index (Phi) is 8.69. The molecule has 0 radical (unpaired) electrons. The van der Waals surface area contributed by atoms with Gasteiger partial charge < -0.3 is 15.5 Å². The maximum Gasteiger partial charge on any atom is 0.148 e. The molecule has 6 heteroatoms. The minimum Gasteiger partial charge on any atom is -0.381 e. The van der Waals surface area contributed by atoms with Crippen molar-refractivity contribution in [2.45, 2.75) is 52.9 Å². The minimum atomic E-state index is 0.690. The van der Waals surface area contributed by atoms with E-state index in [1.807, 2.05) is 6.92 Å². The number of ether oxygens (including phenoxy) is 1. The van der Waals surface area contributed by atoms with Crippen LogP contribution in [0.5, 0.6) is 0 Å². The summed E-state index contributed by atoms with van der Waals surface area (Å²) in [6.45, 7) is 8.70. The van der Waals surface area contributed by atoms with E-state index in [4.69, 9.17) is 10.6 Å². The Balaban J connectivity index is 2.47. The first-order chi connectivity index (χ1) is 10.2. The fourth-order valence-corrected chi connectivity index (χ4v) is 1.94. The van der Waals surface area contributed by atoms with E-state index >= 15 is 0 Å². The first-order valence-electron chi connectivity index (χ1n) is 7.88. The Hall–Kier alpha value is -1.40. The molecule has 4 N–H and O–H groups in total. The van der Waals surface area contributed by atoms with E-state index in [9.17, 15) is 0 Å². The van der Waals surface area contributed by atoms with Gasteiger partial charge in [0.05, 0.1) is 0 Å². The highest BCUT2D eigenvalue weighted by molar-refractivity contribution is 5.56. The number of nitrogen functional groups attached to an aromatic ring is 1. The van der Waals surface area contributed by atoms with Gasteiger partial charge in [-0.1, -0.05) is 20.3 Å². The zero-order valence-corrected chi connectivity index (χ0v) is 13.5. The molecule has 0 amide bonds. The fraction of sp³-hybridized carbons (Fsp3) is 0.733. The zero-order chi connectivity index (χ0) is 15.5. The summed E-state index contributed by atoms with van der Waals surface area (Å²) in [7, 11) is 0. The molecule has 0 atom stereocenters. The van der Waals surface area contributed by atoms with Crippen molar-refractivity contribution in [3.63, 3.8) is 0 Å². The number of hydrazine groups is 1. The van der Waals surface area contributed by atoms with Crippen LogP contribution in [0.1, 0.15) is 50.9 Å². The van der Waals surface area contributed by atoms with Gasteiger partial charge in [0.2, 0.25) is 0 Å². The maximum absolute atomic E-state index is 5.54. The van der Waals surface area contributed by atoms with E-state index in [0.29, 0.717) is 5.82 Å². The van der Waals surface area contributed by atoms with Crippen molar-refractivity contribution in [3.8, 4) is 0 Å². The molecule has 0 bridgehead atoms. The molecule has 120 valence electrons. The lowest BCUT2D eigenvalue weighted by atomic mass is 10.2. The molecule has 1 heterocycles. The van der Waals surface area contributed by atoms with Crippen molar-refractivity contribution in [2.75, 3.05) is 30.5 Å². The predicted molar refractivity (Wildman–Crippen MR) is 87.4 cm³/mol. The first kappa shape index (κ1) is 17.7. The average Bonchev–Trinajstić information content (AvgIpc) is 2.49. The average molecular weight is 295 g/mol. The zero-order valence-electron chi connectivity index (χ0n) is 13.5. The summed E-state index contributed by atoms with van der Waals surface area (Å²) < 4.78 is 5.54. The SMILES string of the molecule is CCCCOCCCNc1nc(CCC)nc(NN)c1C. The second-order valence-electron chi connectivity index (χ2n) is 5.10. The molecule has 0 unspecified atom stereocenters. The summed E-state index contributed by atoms with van der Waals surface area (Å²) in [4.78, 5) is 8.97. The molecule has 0 aliphatic rings. The third kappa shape index (κ3) is 6.27. The molecule has 1 rings (SSSR count). The number of hydrogen-bond donors (Lipinski definition) is 3. The molecule has 1 aromatic heterocycles. The number of hydrogen-bond acceptors (Lipinski definition) is 6. The van der Waals surface area contributed by atoms with Crippen LogP contribution in [-0.2, 0) is 11.2 Å². The van der Waals surface area contributed by atoms with E-state index in [0.717, 1.165) is 62.6 Å². The van der Waals surface area contributed by atoms with Gasteiger partial charge in [-0.2, -0.15) is 0 Å². The van der Waals surface area contributed by atoms with E-state index < -0.39 is 0 Å². The van der Waals surface area contributed by atoms with Gasteiger partial charge in [-0.25, -0.2) is 15.8 Å². The highest BCUT2D eigenvalue weighted by Crippen LogP contribution is 2.19. The monoisotopic (exact) mass is 295 g/mol. The number of aromatic nitrogens is 2. The van der Waals surface area contributed by atoms with Crippen molar-refractivity contribution < 1.29 is 4.74 Å². The number of nitrogens with two attached hydrogens (primary N) is 1. The van der Waals surface area contributed by atoms with Crippen LogP contribution in [0, 0.1) is 6.92 Å². The predicted octanol–water partition coefficient (Wildman–Crippen LogP) is 2.64.